The molecule has 2 rings (SSSR count). The van der Waals surface area contributed by atoms with Gasteiger partial charge in [0.2, 0.25) is 0 Å². The number of nitrogens with zero attached hydrogens (tertiary/aromatic N) is 1. The van der Waals surface area contributed by atoms with E-state index in [0.29, 0.717) is 10.9 Å². The molecule has 0 aliphatic carbocycles. The molecule has 0 radical (unpaired) electrons. The molecular weight excluding hydrogens is 246 g/mol. The van der Waals surface area contributed by atoms with Crippen molar-refractivity contribution >= 4 is 23.0 Å². The quantitative estimate of drug-likeness (QED) is 0.814. The predicted molar refractivity (Wildman–Crippen MR) is 76.9 cm³/mol. The van der Waals surface area contributed by atoms with E-state index >= 15 is 0 Å². The summed E-state index contributed by atoms with van der Waals surface area (Å²) in [6, 6.07) is 1.92. The van der Waals surface area contributed by atoms with Crippen LogP contribution in [0.3, 0.4) is 0 Å². The fraction of sp³-hybridized carbons (Fsp3) is 0.538. The number of hydrogen-bond donors (Lipinski definition) is 2. The number of nitrogens with one attached hydrogen (secondary N) is 1. The molecule has 18 heavy (non-hydrogen) atoms. The molecule has 0 atom stereocenters. The van der Waals surface area contributed by atoms with Crippen LogP contribution in [0.2, 0.25) is 0 Å². The molecule has 3 N–H and O–H groups in total. The zero-order valence-electron chi connectivity index (χ0n) is 10.6. The molecule has 2 heterocycles. The van der Waals surface area contributed by atoms with Crippen LogP contribution in [0.25, 0.3) is 0 Å². The highest BCUT2D eigenvalue weighted by molar-refractivity contribution is 7.80. The Bertz CT molecular complexity index is 430. The van der Waals surface area contributed by atoms with E-state index in [-0.39, 0.29) is 0 Å². The van der Waals surface area contributed by atoms with Gasteiger partial charge in [-0.25, -0.2) is 4.98 Å². The summed E-state index contributed by atoms with van der Waals surface area (Å²) in [4.78, 5) is 4.73. The maximum atomic E-state index is 5.76. The van der Waals surface area contributed by atoms with E-state index in [4.69, 9.17) is 22.7 Å². The summed E-state index contributed by atoms with van der Waals surface area (Å²) in [6.07, 6.45) is 3.98. The Morgan fingerprint density at radius 3 is 2.94 bits per heavy atom. The van der Waals surface area contributed by atoms with Crippen molar-refractivity contribution in [2.75, 3.05) is 25.1 Å². The van der Waals surface area contributed by atoms with Gasteiger partial charge in [-0.05, 0) is 37.3 Å². The van der Waals surface area contributed by atoms with Gasteiger partial charge in [-0.15, -0.1) is 0 Å². The summed E-state index contributed by atoms with van der Waals surface area (Å²) >= 11 is 5.09. The van der Waals surface area contributed by atoms with Gasteiger partial charge < -0.3 is 15.8 Å². The Balaban J connectivity index is 2.04. The fourth-order valence-corrected chi connectivity index (χ4v) is 2.45. The van der Waals surface area contributed by atoms with Gasteiger partial charge in [-0.2, -0.15) is 0 Å². The van der Waals surface area contributed by atoms with Gasteiger partial charge in [0.05, 0.1) is 5.56 Å². The van der Waals surface area contributed by atoms with E-state index in [9.17, 15) is 0 Å². The molecule has 0 spiro atoms. The largest absolute Gasteiger partial charge is 0.389 e. The summed E-state index contributed by atoms with van der Waals surface area (Å²) < 4.78 is 5.35. The number of anilines is 1. The first-order valence-corrected chi connectivity index (χ1v) is 6.66. The SMILES string of the molecule is Cc1ccnc(NCC2CCOCC2)c1C(N)=S. The second-order valence-corrected chi connectivity index (χ2v) is 5.09. The summed E-state index contributed by atoms with van der Waals surface area (Å²) in [5.41, 5.74) is 7.68. The molecule has 1 aliphatic heterocycles. The van der Waals surface area contributed by atoms with Crippen molar-refractivity contribution in [3.8, 4) is 0 Å². The summed E-state index contributed by atoms with van der Waals surface area (Å²) in [5.74, 6) is 1.44. The van der Waals surface area contributed by atoms with Gasteiger partial charge in [-0.1, -0.05) is 12.2 Å². The van der Waals surface area contributed by atoms with Crippen LogP contribution in [0.1, 0.15) is 24.0 Å². The minimum atomic E-state index is 0.398. The first-order chi connectivity index (χ1) is 8.68. The maximum Gasteiger partial charge on any atom is 0.136 e. The molecular formula is C13H19N3OS. The lowest BCUT2D eigenvalue weighted by atomic mass is 10.0. The smallest absolute Gasteiger partial charge is 0.136 e. The van der Waals surface area contributed by atoms with Crippen LogP contribution < -0.4 is 11.1 Å². The highest BCUT2D eigenvalue weighted by Crippen LogP contribution is 2.19. The van der Waals surface area contributed by atoms with Gasteiger partial charge in [0.1, 0.15) is 10.8 Å². The van der Waals surface area contributed by atoms with Crippen molar-refractivity contribution in [2.45, 2.75) is 19.8 Å². The maximum absolute atomic E-state index is 5.76. The average Bonchev–Trinajstić information content (AvgIpc) is 2.37. The minimum Gasteiger partial charge on any atom is -0.389 e. The normalized spacial score (nSPS) is 16.5. The predicted octanol–water partition coefficient (Wildman–Crippen LogP) is 1.86. The van der Waals surface area contributed by atoms with Crippen LogP contribution in [0.5, 0.6) is 0 Å². The number of ether oxygens (including phenoxy) is 1. The van der Waals surface area contributed by atoms with Crippen molar-refractivity contribution in [3.63, 3.8) is 0 Å². The molecule has 0 unspecified atom stereocenters. The van der Waals surface area contributed by atoms with Gasteiger partial charge in [-0.3, -0.25) is 0 Å². The third-order valence-corrected chi connectivity index (χ3v) is 3.51. The van der Waals surface area contributed by atoms with E-state index in [0.717, 1.165) is 49.5 Å². The lowest BCUT2D eigenvalue weighted by molar-refractivity contribution is 0.0699. The zero-order valence-corrected chi connectivity index (χ0v) is 11.4. The molecule has 1 aromatic heterocycles. The third-order valence-electron chi connectivity index (χ3n) is 3.30. The highest BCUT2D eigenvalue weighted by Gasteiger charge is 2.15. The van der Waals surface area contributed by atoms with Gasteiger partial charge >= 0.3 is 0 Å². The van der Waals surface area contributed by atoms with Gasteiger partial charge in [0, 0.05) is 26.0 Å². The first-order valence-electron chi connectivity index (χ1n) is 6.25. The zero-order chi connectivity index (χ0) is 13.0. The number of rotatable bonds is 4. The Labute approximate surface area is 113 Å². The second kappa shape index (κ2) is 6.11. The van der Waals surface area contributed by atoms with Crippen molar-refractivity contribution < 1.29 is 4.74 Å². The number of pyridine rings is 1. The number of aryl methyl sites for hydroxylation is 1. The van der Waals surface area contributed by atoms with Crippen molar-refractivity contribution in [1.29, 1.82) is 0 Å². The molecule has 0 amide bonds. The summed E-state index contributed by atoms with van der Waals surface area (Å²) in [6.45, 7) is 4.61. The van der Waals surface area contributed by atoms with E-state index in [1.54, 1.807) is 6.20 Å². The summed E-state index contributed by atoms with van der Waals surface area (Å²) in [7, 11) is 0. The standard InChI is InChI=1S/C13H19N3OS/c1-9-2-5-15-13(11(9)12(14)18)16-8-10-3-6-17-7-4-10/h2,5,10H,3-4,6-8H2,1H3,(H2,14,18)(H,15,16). The lowest BCUT2D eigenvalue weighted by Crippen LogP contribution is -2.24. The topological polar surface area (TPSA) is 60.2 Å². The number of hydrogen-bond acceptors (Lipinski definition) is 4. The van der Waals surface area contributed by atoms with Crippen LogP contribution in [0.15, 0.2) is 12.3 Å². The van der Waals surface area contributed by atoms with Gasteiger partial charge in [0.15, 0.2) is 0 Å². The fourth-order valence-electron chi connectivity index (χ4n) is 2.19. The Morgan fingerprint density at radius 2 is 2.28 bits per heavy atom. The van der Waals surface area contributed by atoms with E-state index in [1.165, 1.54) is 0 Å². The first kappa shape index (κ1) is 13.2. The number of nitrogens with two attached hydrogens (primary N) is 1. The van der Waals surface area contributed by atoms with Crippen molar-refractivity contribution in [3.05, 3.63) is 23.4 Å². The van der Waals surface area contributed by atoms with Crippen LogP contribution in [-0.2, 0) is 4.74 Å². The van der Waals surface area contributed by atoms with Crippen LogP contribution >= 0.6 is 12.2 Å². The summed E-state index contributed by atoms with van der Waals surface area (Å²) in [5, 5.41) is 3.37. The van der Waals surface area contributed by atoms with Crippen molar-refractivity contribution in [1.82, 2.24) is 4.98 Å². The van der Waals surface area contributed by atoms with Gasteiger partial charge in [0.25, 0.3) is 0 Å². The van der Waals surface area contributed by atoms with E-state index in [2.05, 4.69) is 10.3 Å². The molecule has 1 fully saturated rings. The minimum absolute atomic E-state index is 0.398. The Kier molecular flexibility index (Phi) is 4.49. The molecule has 0 saturated carbocycles. The molecule has 1 aromatic rings. The molecule has 1 aliphatic rings. The third kappa shape index (κ3) is 3.17. The Hall–Kier alpha value is -1.20. The second-order valence-electron chi connectivity index (χ2n) is 4.65. The van der Waals surface area contributed by atoms with Crippen LogP contribution in [-0.4, -0.2) is 29.7 Å². The molecule has 0 aromatic carbocycles. The lowest BCUT2D eigenvalue weighted by Gasteiger charge is -2.23. The Morgan fingerprint density at radius 1 is 1.56 bits per heavy atom. The number of thiocarbonyl (C=S) groups is 1. The van der Waals surface area contributed by atoms with Crippen LogP contribution in [0, 0.1) is 12.8 Å². The molecule has 1 saturated heterocycles. The highest BCUT2D eigenvalue weighted by atomic mass is 32.1. The molecule has 4 nitrogen and oxygen atoms in total. The van der Waals surface area contributed by atoms with Crippen molar-refractivity contribution in [2.24, 2.45) is 11.7 Å². The molecule has 98 valence electrons. The van der Waals surface area contributed by atoms with Crippen LogP contribution in [0.4, 0.5) is 5.82 Å². The van der Waals surface area contributed by atoms with E-state index in [1.807, 2.05) is 13.0 Å². The monoisotopic (exact) mass is 265 g/mol. The molecule has 0 bridgehead atoms. The number of aromatic nitrogens is 1. The molecule has 5 heteroatoms. The average molecular weight is 265 g/mol. The van der Waals surface area contributed by atoms with E-state index < -0.39 is 0 Å².